The summed E-state index contributed by atoms with van der Waals surface area (Å²) >= 11 is 0. The second-order valence-electron chi connectivity index (χ2n) is 5.40. The number of hydrogen-bond acceptors (Lipinski definition) is 2. The average molecular weight is 290 g/mol. The summed E-state index contributed by atoms with van der Waals surface area (Å²) < 4.78 is 0. The molecule has 0 fully saturated rings. The van der Waals surface area contributed by atoms with Crippen molar-refractivity contribution in [2.45, 2.75) is 46.5 Å². The number of para-hydroxylation sites is 1. The van der Waals surface area contributed by atoms with Crippen molar-refractivity contribution in [2.24, 2.45) is 5.92 Å². The van der Waals surface area contributed by atoms with Gasteiger partial charge in [0.2, 0.25) is 0 Å². The molecule has 0 saturated heterocycles. The van der Waals surface area contributed by atoms with Crippen LogP contribution < -0.4 is 10.6 Å². The van der Waals surface area contributed by atoms with E-state index in [1.807, 2.05) is 25.1 Å². The Morgan fingerprint density at radius 1 is 1.14 bits per heavy atom. The Morgan fingerprint density at radius 3 is 2.48 bits per heavy atom. The lowest BCUT2D eigenvalue weighted by molar-refractivity contribution is -0.136. The fourth-order valence-electron chi connectivity index (χ4n) is 2.15. The summed E-state index contributed by atoms with van der Waals surface area (Å²) in [6.45, 7) is 6.72. The van der Waals surface area contributed by atoms with Gasteiger partial charge in [-0.2, -0.15) is 0 Å². The van der Waals surface area contributed by atoms with Crippen molar-refractivity contribution in [3.63, 3.8) is 0 Å². The number of amides is 2. The Morgan fingerprint density at radius 2 is 1.86 bits per heavy atom. The summed E-state index contributed by atoms with van der Waals surface area (Å²) in [5.41, 5.74) is 1.61. The molecule has 0 aliphatic rings. The Labute approximate surface area is 127 Å². The highest BCUT2D eigenvalue weighted by atomic mass is 16.2. The molecule has 0 aliphatic heterocycles. The molecular weight excluding hydrogens is 264 g/mol. The van der Waals surface area contributed by atoms with Crippen LogP contribution in [0.2, 0.25) is 0 Å². The van der Waals surface area contributed by atoms with Crippen LogP contribution in [0.25, 0.3) is 0 Å². The van der Waals surface area contributed by atoms with E-state index in [1.165, 1.54) is 0 Å². The van der Waals surface area contributed by atoms with Gasteiger partial charge in [-0.3, -0.25) is 9.59 Å². The molecule has 0 spiro atoms. The van der Waals surface area contributed by atoms with Crippen molar-refractivity contribution in [3.8, 4) is 0 Å². The number of nitrogens with one attached hydrogen (secondary N) is 2. The molecular formula is C17H26N2O2. The van der Waals surface area contributed by atoms with Crippen LogP contribution in [-0.4, -0.2) is 18.4 Å². The lowest BCUT2D eigenvalue weighted by atomic mass is 9.99. The normalized spacial score (nSPS) is 11.8. The molecule has 0 heterocycles. The van der Waals surface area contributed by atoms with Crippen LogP contribution in [0, 0.1) is 12.8 Å². The van der Waals surface area contributed by atoms with Gasteiger partial charge in [0.05, 0.1) is 0 Å². The van der Waals surface area contributed by atoms with Crippen LogP contribution >= 0.6 is 0 Å². The summed E-state index contributed by atoms with van der Waals surface area (Å²) in [4.78, 5) is 23.7. The Bertz CT molecular complexity index is 472. The molecule has 2 N–H and O–H groups in total. The van der Waals surface area contributed by atoms with E-state index in [2.05, 4.69) is 24.5 Å². The first-order valence-electron chi connectivity index (χ1n) is 7.73. The van der Waals surface area contributed by atoms with Gasteiger partial charge in [-0.25, -0.2) is 0 Å². The smallest absolute Gasteiger partial charge is 0.313 e. The van der Waals surface area contributed by atoms with Crippen molar-refractivity contribution in [1.29, 1.82) is 0 Å². The van der Waals surface area contributed by atoms with Gasteiger partial charge in [0.1, 0.15) is 0 Å². The topological polar surface area (TPSA) is 58.2 Å². The second kappa shape index (κ2) is 9.16. The minimum absolute atomic E-state index is 0.445. The van der Waals surface area contributed by atoms with Gasteiger partial charge in [0.25, 0.3) is 0 Å². The van der Waals surface area contributed by atoms with Crippen molar-refractivity contribution >= 4 is 17.5 Å². The molecule has 0 bridgehead atoms. The van der Waals surface area contributed by atoms with Gasteiger partial charge in [0, 0.05) is 12.2 Å². The minimum Gasteiger partial charge on any atom is -0.348 e. The predicted octanol–water partition coefficient (Wildman–Crippen LogP) is 3.27. The standard InChI is InChI=1S/C17H26N2O2/c1-4-6-10-14(5-2)12-18-16(20)17(21)19-15-11-8-7-9-13(15)3/h7-9,11,14H,4-6,10,12H2,1-3H3,(H,18,20)(H,19,21). The highest BCUT2D eigenvalue weighted by Crippen LogP contribution is 2.13. The molecule has 0 radical (unpaired) electrons. The second-order valence-corrected chi connectivity index (χ2v) is 5.40. The first-order valence-corrected chi connectivity index (χ1v) is 7.73. The Kier molecular flexibility index (Phi) is 7.51. The third-order valence-electron chi connectivity index (χ3n) is 3.69. The average Bonchev–Trinajstić information content (AvgIpc) is 2.49. The van der Waals surface area contributed by atoms with Gasteiger partial charge in [-0.1, -0.05) is 51.3 Å². The largest absolute Gasteiger partial charge is 0.348 e. The van der Waals surface area contributed by atoms with Gasteiger partial charge in [-0.05, 0) is 30.9 Å². The Balaban J connectivity index is 2.44. The van der Waals surface area contributed by atoms with E-state index < -0.39 is 11.8 Å². The third kappa shape index (κ3) is 5.98. The van der Waals surface area contributed by atoms with E-state index in [1.54, 1.807) is 6.07 Å². The van der Waals surface area contributed by atoms with Crippen molar-refractivity contribution < 1.29 is 9.59 Å². The number of anilines is 1. The number of carbonyl (C=O) groups excluding carboxylic acids is 2. The molecule has 4 nitrogen and oxygen atoms in total. The molecule has 0 saturated carbocycles. The molecule has 2 amide bonds. The SMILES string of the molecule is CCCCC(CC)CNC(=O)C(=O)Nc1ccccc1C. The van der Waals surface area contributed by atoms with Crippen LogP contribution in [0.15, 0.2) is 24.3 Å². The summed E-state index contributed by atoms with van der Waals surface area (Å²) in [6.07, 6.45) is 4.41. The summed E-state index contributed by atoms with van der Waals surface area (Å²) in [7, 11) is 0. The maximum absolute atomic E-state index is 11.9. The van der Waals surface area contributed by atoms with Crippen LogP contribution in [0.5, 0.6) is 0 Å². The van der Waals surface area contributed by atoms with E-state index in [9.17, 15) is 9.59 Å². The van der Waals surface area contributed by atoms with E-state index >= 15 is 0 Å². The van der Waals surface area contributed by atoms with Gasteiger partial charge in [-0.15, -0.1) is 0 Å². The van der Waals surface area contributed by atoms with Gasteiger partial charge >= 0.3 is 11.8 Å². The van der Waals surface area contributed by atoms with Crippen LogP contribution in [0.1, 0.15) is 45.1 Å². The lowest BCUT2D eigenvalue weighted by Crippen LogP contribution is -2.38. The molecule has 116 valence electrons. The maximum atomic E-state index is 11.9. The van der Waals surface area contributed by atoms with Crippen LogP contribution in [0.4, 0.5) is 5.69 Å². The van der Waals surface area contributed by atoms with Crippen LogP contribution in [0.3, 0.4) is 0 Å². The fraction of sp³-hybridized carbons (Fsp3) is 0.529. The fourth-order valence-corrected chi connectivity index (χ4v) is 2.15. The molecule has 1 aromatic carbocycles. The number of benzene rings is 1. The number of hydrogen-bond donors (Lipinski definition) is 2. The number of carbonyl (C=O) groups is 2. The molecule has 1 atom stereocenters. The quantitative estimate of drug-likeness (QED) is 0.757. The molecule has 1 unspecified atom stereocenters. The third-order valence-corrected chi connectivity index (χ3v) is 3.69. The first-order chi connectivity index (χ1) is 10.1. The molecule has 1 rings (SSSR count). The van der Waals surface area contributed by atoms with Gasteiger partial charge < -0.3 is 10.6 Å². The monoisotopic (exact) mass is 290 g/mol. The number of unbranched alkanes of at least 4 members (excludes halogenated alkanes) is 1. The van der Waals surface area contributed by atoms with Gasteiger partial charge in [0.15, 0.2) is 0 Å². The van der Waals surface area contributed by atoms with E-state index in [4.69, 9.17) is 0 Å². The zero-order valence-corrected chi connectivity index (χ0v) is 13.2. The van der Waals surface area contributed by atoms with Crippen molar-refractivity contribution in [2.75, 3.05) is 11.9 Å². The molecule has 4 heteroatoms. The van der Waals surface area contributed by atoms with Crippen molar-refractivity contribution in [3.05, 3.63) is 29.8 Å². The maximum Gasteiger partial charge on any atom is 0.313 e. The molecule has 21 heavy (non-hydrogen) atoms. The lowest BCUT2D eigenvalue weighted by Gasteiger charge is -2.15. The highest BCUT2D eigenvalue weighted by Gasteiger charge is 2.15. The summed E-state index contributed by atoms with van der Waals surface area (Å²) in [6, 6.07) is 7.41. The first kappa shape index (κ1) is 17.2. The predicted molar refractivity (Wildman–Crippen MR) is 86.1 cm³/mol. The highest BCUT2D eigenvalue weighted by molar-refractivity contribution is 6.39. The molecule has 0 aromatic heterocycles. The number of aryl methyl sites for hydroxylation is 1. The van der Waals surface area contributed by atoms with E-state index in [0.717, 1.165) is 31.2 Å². The van der Waals surface area contributed by atoms with E-state index in [-0.39, 0.29) is 0 Å². The zero-order chi connectivity index (χ0) is 15.7. The Hall–Kier alpha value is -1.84. The zero-order valence-electron chi connectivity index (χ0n) is 13.2. The minimum atomic E-state index is -0.602. The number of rotatable bonds is 7. The van der Waals surface area contributed by atoms with E-state index in [0.29, 0.717) is 18.2 Å². The summed E-state index contributed by atoms with van der Waals surface area (Å²) in [5.74, 6) is -0.719. The molecule has 1 aromatic rings. The summed E-state index contributed by atoms with van der Waals surface area (Å²) in [5, 5.41) is 5.37. The van der Waals surface area contributed by atoms with Crippen molar-refractivity contribution in [1.82, 2.24) is 5.32 Å². The van der Waals surface area contributed by atoms with Crippen LogP contribution in [-0.2, 0) is 9.59 Å². The molecule has 0 aliphatic carbocycles.